The molecular formula is C16H27NO. The van der Waals surface area contributed by atoms with Gasteiger partial charge in [-0.3, -0.25) is 0 Å². The summed E-state index contributed by atoms with van der Waals surface area (Å²) in [5, 5.41) is 4.00. The predicted molar refractivity (Wildman–Crippen MR) is 72.4 cm³/mol. The van der Waals surface area contributed by atoms with E-state index in [0.717, 1.165) is 29.7 Å². The lowest BCUT2D eigenvalue weighted by Gasteiger charge is -2.35. The zero-order valence-electron chi connectivity index (χ0n) is 11.6. The molecule has 0 radical (unpaired) electrons. The minimum atomic E-state index is 0.489. The number of hydrogen-bond acceptors (Lipinski definition) is 2. The first-order valence-corrected chi connectivity index (χ1v) is 8.15. The lowest BCUT2D eigenvalue weighted by atomic mass is 9.79. The fraction of sp³-hybridized carbons (Fsp3) is 1.00. The highest BCUT2D eigenvalue weighted by Crippen LogP contribution is 2.58. The Balaban J connectivity index is 1.42. The molecule has 2 heteroatoms. The van der Waals surface area contributed by atoms with Crippen LogP contribution in [0.4, 0.5) is 0 Å². The largest absolute Gasteiger partial charge is 0.380 e. The van der Waals surface area contributed by atoms with Crippen molar-refractivity contribution >= 4 is 0 Å². The van der Waals surface area contributed by atoms with Crippen molar-refractivity contribution in [2.75, 3.05) is 7.11 Å². The standard InChI is InChI=1S/C16H27NO/c1-18-16-7-3-6-14(16)17-15-9-10-8-13(15)12-5-2-4-11(10)12/h10-17H,2-9H2,1H3. The van der Waals surface area contributed by atoms with Gasteiger partial charge in [-0.15, -0.1) is 0 Å². The van der Waals surface area contributed by atoms with Crippen molar-refractivity contribution in [2.45, 2.75) is 69.6 Å². The SMILES string of the molecule is COC1CCCC1NC1CC2CC1C1CCCC21. The lowest BCUT2D eigenvalue weighted by Crippen LogP contribution is -2.47. The highest BCUT2D eigenvalue weighted by Gasteiger charge is 2.54. The first-order valence-electron chi connectivity index (χ1n) is 8.15. The average molecular weight is 249 g/mol. The van der Waals surface area contributed by atoms with Crippen molar-refractivity contribution in [3.63, 3.8) is 0 Å². The topological polar surface area (TPSA) is 21.3 Å². The van der Waals surface area contributed by atoms with Crippen LogP contribution in [0.3, 0.4) is 0 Å². The monoisotopic (exact) mass is 249 g/mol. The third kappa shape index (κ3) is 1.68. The van der Waals surface area contributed by atoms with Crippen molar-refractivity contribution in [2.24, 2.45) is 23.7 Å². The van der Waals surface area contributed by atoms with Crippen LogP contribution in [0.15, 0.2) is 0 Å². The smallest absolute Gasteiger partial charge is 0.0724 e. The number of ether oxygens (including phenoxy) is 1. The van der Waals surface area contributed by atoms with E-state index in [2.05, 4.69) is 5.32 Å². The Morgan fingerprint density at radius 2 is 1.67 bits per heavy atom. The van der Waals surface area contributed by atoms with Crippen LogP contribution in [-0.4, -0.2) is 25.3 Å². The van der Waals surface area contributed by atoms with Crippen LogP contribution in [0.1, 0.15) is 51.4 Å². The Bertz CT molecular complexity index is 318. The highest BCUT2D eigenvalue weighted by atomic mass is 16.5. The molecule has 0 aromatic carbocycles. The maximum atomic E-state index is 5.64. The van der Waals surface area contributed by atoms with Gasteiger partial charge in [0.05, 0.1) is 6.10 Å². The molecule has 0 aliphatic heterocycles. The summed E-state index contributed by atoms with van der Waals surface area (Å²) >= 11 is 0. The minimum absolute atomic E-state index is 0.489. The first-order chi connectivity index (χ1) is 8.86. The van der Waals surface area contributed by atoms with E-state index < -0.39 is 0 Å². The fourth-order valence-corrected chi connectivity index (χ4v) is 5.93. The van der Waals surface area contributed by atoms with Gasteiger partial charge in [0.1, 0.15) is 0 Å². The number of rotatable bonds is 3. The minimum Gasteiger partial charge on any atom is -0.380 e. The molecule has 0 aromatic heterocycles. The van der Waals surface area contributed by atoms with Crippen LogP contribution in [0, 0.1) is 23.7 Å². The van der Waals surface area contributed by atoms with Crippen molar-refractivity contribution in [1.29, 1.82) is 0 Å². The number of fused-ring (bicyclic) bond motifs is 5. The molecule has 102 valence electrons. The Morgan fingerprint density at radius 3 is 2.56 bits per heavy atom. The second-order valence-electron chi connectivity index (χ2n) is 7.24. The van der Waals surface area contributed by atoms with Gasteiger partial charge in [0.2, 0.25) is 0 Å². The van der Waals surface area contributed by atoms with Gasteiger partial charge in [0.15, 0.2) is 0 Å². The summed E-state index contributed by atoms with van der Waals surface area (Å²) in [5.74, 6) is 4.29. The summed E-state index contributed by atoms with van der Waals surface area (Å²) in [6, 6.07) is 1.48. The van der Waals surface area contributed by atoms with Gasteiger partial charge in [-0.1, -0.05) is 6.42 Å². The molecule has 18 heavy (non-hydrogen) atoms. The van der Waals surface area contributed by atoms with Crippen LogP contribution < -0.4 is 5.32 Å². The van der Waals surface area contributed by atoms with Crippen LogP contribution in [-0.2, 0) is 4.74 Å². The molecule has 7 atom stereocenters. The molecule has 1 N–H and O–H groups in total. The van der Waals surface area contributed by atoms with E-state index in [0.29, 0.717) is 12.1 Å². The molecule has 2 nitrogen and oxygen atoms in total. The van der Waals surface area contributed by atoms with Gasteiger partial charge in [-0.25, -0.2) is 0 Å². The van der Waals surface area contributed by atoms with Crippen molar-refractivity contribution in [3.8, 4) is 0 Å². The van der Waals surface area contributed by atoms with Crippen LogP contribution in [0.5, 0.6) is 0 Å². The quantitative estimate of drug-likeness (QED) is 0.830. The normalized spacial score (nSPS) is 54.2. The summed E-state index contributed by atoms with van der Waals surface area (Å²) in [5.41, 5.74) is 0. The number of hydrogen-bond donors (Lipinski definition) is 1. The lowest BCUT2D eigenvalue weighted by molar-refractivity contribution is 0.0734. The highest BCUT2D eigenvalue weighted by molar-refractivity contribution is 5.06. The molecule has 7 unspecified atom stereocenters. The molecule has 4 rings (SSSR count). The van der Waals surface area contributed by atoms with Gasteiger partial charge in [-0.05, 0) is 68.6 Å². The molecule has 4 aliphatic carbocycles. The van der Waals surface area contributed by atoms with Crippen LogP contribution in [0.2, 0.25) is 0 Å². The van der Waals surface area contributed by atoms with E-state index in [1.165, 1.54) is 44.9 Å². The summed E-state index contributed by atoms with van der Waals surface area (Å²) in [4.78, 5) is 0. The molecule has 0 spiro atoms. The molecule has 4 aliphatic rings. The summed E-state index contributed by atoms with van der Waals surface area (Å²) in [7, 11) is 1.89. The summed E-state index contributed by atoms with van der Waals surface area (Å²) in [6.07, 6.45) is 12.0. The zero-order chi connectivity index (χ0) is 12.1. The molecule has 0 amide bonds. The van der Waals surface area contributed by atoms with Crippen molar-refractivity contribution in [3.05, 3.63) is 0 Å². The third-order valence-corrected chi connectivity index (χ3v) is 6.61. The molecule has 4 saturated carbocycles. The second kappa shape index (κ2) is 4.49. The van der Waals surface area contributed by atoms with Gasteiger partial charge in [0, 0.05) is 19.2 Å². The Morgan fingerprint density at radius 1 is 0.833 bits per heavy atom. The van der Waals surface area contributed by atoms with E-state index in [9.17, 15) is 0 Å². The summed E-state index contributed by atoms with van der Waals surface area (Å²) < 4.78 is 5.64. The van der Waals surface area contributed by atoms with Gasteiger partial charge in [0.25, 0.3) is 0 Å². The van der Waals surface area contributed by atoms with E-state index >= 15 is 0 Å². The maximum absolute atomic E-state index is 5.64. The number of methoxy groups -OCH3 is 1. The van der Waals surface area contributed by atoms with Gasteiger partial charge in [-0.2, -0.15) is 0 Å². The number of nitrogens with one attached hydrogen (secondary N) is 1. The second-order valence-corrected chi connectivity index (χ2v) is 7.24. The predicted octanol–water partition coefficient (Wildman–Crippen LogP) is 2.97. The Hall–Kier alpha value is -0.0800. The summed E-state index contributed by atoms with van der Waals surface area (Å²) in [6.45, 7) is 0. The zero-order valence-corrected chi connectivity index (χ0v) is 11.6. The molecule has 0 heterocycles. The third-order valence-electron chi connectivity index (χ3n) is 6.61. The van der Waals surface area contributed by atoms with E-state index in [-0.39, 0.29) is 0 Å². The molecular weight excluding hydrogens is 222 g/mol. The molecule has 4 fully saturated rings. The first kappa shape index (κ1) is 11.7. The van der Waals surface area contributed by atoms with E-state index in [1.807, 2.05) is 7.11 Å². The van der Waals surface area contributed by atoms with Crippen molar-refractivity contribution < 1.29 is 4.74 Å². The molecule has 0 saturated heterocycles. The van der Waals surface area contributed by atoms with E-state index in [1.54, 1.807) is 6.42 Å². The molecule has 2 bridgehead atoms. The molecule has 0 aromatic rings. The van der Waals surface area contributed by atoms with Crippen LogP contribution in [0.25, 0.3) is 0 Å². The van der Waals surface area contributed by atoms with Gasteiger partial charge < -0.3 is 10.1 Å². The van der Waals surface area contributed by atoms with Crippen LogP contribution >= 0.6 is 0 Å². The average Bonchev–Trinajstić information content (AvgIpc) is 3.10. The van der Waals surface area contributed by atoms with Gasteiger partial charge >= 0.3 is 0 Å². The van der Waals surface area contributed by atoms with E-state index in [4.69, 9.17) is 4.74 Å². The Kier molecular flexibility index (Phi) is 2.92. The fourth-order valence-electron chi connectivity index (χ4n) is 5.93. The Labute approximate surface area is 111 Å². The maximum Gasteiger partial charge on any atom is 0.0724 e. The van der Waals surface area contributed by atoms with Crippen molar-refractivity contribution in [1.82, 2.24) is 5.32 Å².